The van der Waals surface area contributed by atoms with Gasteiger partial charge in [0, 0.05) is 23.8 Å². The molecule has 1 aliphatic heterocycles. The summed E-state index contributed by atoms with van der Waals surface area (Å²) in [7, 11) is 1.91. The van der Waals surface area contributed by atoms with Crippen LogP contribution in [0.15, 0.2) is 35.5 Å². The standard InChI is InChI=1S/C17H22ClN3O3/c1-4-24-16(22)15-11(2)19-17(23)20-14(15)10-21(3)9-12-6-5-7-13(18)8-12/h5-8,11H,4,9-10H2,1-3H3,(H2,19,20,23). The molecule has 2 N–H and O–H groups in total. The van der Waals surface area contributed by atoms with Crippen molar-refractivity contribution in [3.63, 3.8) is 0 Å². The molecule has 0 spiro atoms. The molecule has 0 radical (unpaired) electrons. The number of hydrogen-bond acceptors (Lipinski definition) is 4. The highest BCUT2D eigenvalue weighted by molar-refractivity contribution is 6.30. The topological polar surface area (TPSA) is 70.7 Å². The molecule has 0 bridgehead atoms. The molecule has 7 heteroatoms. The third-order valence-electron chi connectivity index (χ3n) is 3.64. The number of carbonyl (C=O) groups is 2. The first kappa shape index (κ1) is 18.3. The first-order chi connectivity index (χ1) is 11.4. The molecule has 0 saturated carbocycles. The van der Waals surface area contributed by atoms with Crippen LogP contribution in [-0.2, 0) is 16.1 Å². The van der Waals surface area contributed by atoms with Gasteiger partial charge in [0.1, 0.15) is 0 Å². The Morgan fingerprint density at radius 2 is 2.12 bits per heavy atom. The summed E-state index contributed by atoms with van der Waals surface area (Å²) in [6.45, 7) is 4.86. The average molecular weight is 352 g/mol. The predicted molar refractivity (Wildman–Crippen MR) is 92.6 cm³/mol. The van der Waals surface area contributed by atoms with E-state index in [0.29, 0.717) is 29.4 Å². The lowest BCUT2D eigenvalue weighted by atomic mass is 10.0. The number of nitrogens with zero attached hydrogens (tertiary/aromatic N) is 1. The summed E-state index contributed by atoms with van der Waals surface area (Å²) in [6.07, 6.45) is 0. The zero-order valence-corrected chi connectivity index (χ0v) is 14.8. The smallest absolute Gasteiger partial charge is 0.337 e. The van der Waals surface area contributed by atoms with E-state index in [-0.39, 0.29) is 12.6 Å². The molecule has 2 rings (SSSR count). The van der Waals surface area contributed by atoms with Crippen molar-refractivity contribution in [2.75, 3.05) is 20.2 Å². The second kappa shape index (κ2) is 8.17. The first-order valence-electron chi connectivity index (χ1n) is 7.81. The van der Waals surface area contributed by atoms with Crippen LogP contribution < -0.4 is 10.6 Å². The van der Waals surface area contributed by atoms with Crippen LogP contribution in [0, 0.1) is 0 Å². The highest BCUT2D eigenvalue weighted by Crippen LogP contribution is 2.17. The van der Waals surface area contributed by atoms with Crippen molar-refractivity contribution in [1.82, 2.24) is 15.5 Å². The van der Waals surface area contributed by atoms with Crippen molar-refractivity contribution in [3.05, 3.63) is 46.1 Å². The summed E-state index contributed by atoms with van der Waals surface area (Å²) >= 11 is 6.00. The van der Waals surface area contributed by atoms with Gasteiger partial charge in [-0.2, -0.15) is 0 Å². The van der Waals surface area contributed by atoms with Gasteiger partial charge in [0.15, 0.2) is 0 Å². The minimum absolute atomic E-state index is 0.286. The van der Waals surface area contributed by atoms with Gasteiger partial charge < -0.3 is 15.4 Å². The van der Waals surface area contributed by atoms with Gasteiger partial charge in [0.25, 0.3) is 0 Å². The van der Waals surface area contributed by atoms with Crippen LogP contribution in [0.2, 0.25) is 5.02 Å². The Morgan fingerprint density at radius 3 is 2.79 bits per heavy atom. The molecule has 0 saturated heterocycles. The number of halogens is 1. The van der Waals surface area contributed by atoms with Crippen LogP contribution in [0.1, 0.15) is 19.4 Å². The van der Waals surface area contributed by atoms with Crippen LogP contribution in [0.25, 0.3) is 0 Å². The van der Waals surface area contributed by atoms with E-state index in [1.807, 2.05) is 36.2 Å². The molecule has 1 aromatic carbocycles. The van der Waals surface area contributed by atoms with Crippen molar-refractivity contribution in [2.24, 2.45) is 0 Å². The van der Waals surface area contributed by atoms with Gasteiger partial charge in [-0.05, 0) is 38.6 Å². The number of likely N-dealkylation sites (N-methyl/N-ethyl adjacent to an activating group) is 1. The molecule has 1 atom stereocenters. The maximum atomic E-state index is 12.2. The van der Waals surface area contributed by atoms with Gasteiger partial charge in [-0.15, -0.1) is 0 Å². The maximum Gasteiger partial charge on any atom is 0.337 e. The molecule has 6 nitrogen and oxygen atoms in total. The summed E-state index contributed by atoms with van der Waals surface area (Å²) in [5.74, 6) is -0.413. The molecule has 0 aromatic heterocycles. The van der Waals surface area contributed by atoms with Crippen LogP contribution in [0.5, 0.6) is 0 Å². The van der Waals surface area contributed by atoms with Gasteiger partial charge >= 0.3 is 12.0 Å². The molecule has 0 fully saturated rings. The third-order valence-corrected chi connectivity index (χ3v) is 3.87. The summed E-state index contributed by atoms with van der Waals surface area (Å²) in [5.41, 5.74) is 2.07. The van der Waals surface area contributed by atoms with Crippen LogP contribution in [0.4, 0.5) is 4.79 Å². The minimum atomic E-state index is -0.413. The molecule has 1 aliphatic rings. The zero-order chi connectivity index (χ0) is 17.7. The monoisotopic (exact) mass is 351 g/mol. The van der Waals surface area contributed by atoms with Crippen molar-refractivity contribution in [3.8, 4) is 0 Å². The van der Waals surface area contributed by atoms with Crippen molar-refractivity contribution >= 4 is 23.6 Å². The van der Waals surface area contributed by atoms with Gasteiger partial charge in [-0.1, -0.05) is 23.7 Å². The van der Waals surface area contributed by atoms with Crippen molar-refractivity contribution in [2.45, 2.75) is 26.4 Å². The minimum Gasteiger partial charge on any atom is -0.463 e. The van der Waals surface area contributed by atoms with E-state index >= 15 is 0 Å². The summed E-state index contributed by atoms with van der Waals surface area (Å²) in [6, 6.07) is 6.87. The van der Waals surface area contributed by atoms with Crippen LogP contribution in [0.3, 0.4) is 0 Å². The zero-order valence-electron chi connectivity index (χ0n) is 14.1. The van der Waals surface area contributed by atoms with E-state index in [2.05, 4.69) is 10.6 Å². The van der Waals surface area contributed by atoms with Crippen molar-refractivity contribution in [1.29, 1.82) is 0 Å². The molecule has 1 heterocycles. The Bertz CT molecular complexity index is 660. The quantitative estimate of drug-likeness (QED) is 0.771. The Kier molecular flexibility index (Phi) is 6.23. The molecule has 0 aliphatic carbocycles. The maximum absolute atomic E-state index is 12.2. The molecular formula is C17H22ClN3O3. The molecule has 130 valence electrons. The first-order valence-corrected chi connectivity index (χ1v) is 8.19. The predicted octanol–water partition coefficient (Wildman–Crippen LogP) is 2.29. The van der Waals surface area contributed by atoms with Crippen molar-refractivity contribution < 1.29 is 14.3 Å². The van der Waals surface area contributed by atoms with E-state index in [4.69, 9.17) is 16.3 Å². The lowest BCUT2D eigenvalue weighted by Crippen LogP contribution is -2.51. The molecule has 24 heavy (non-hydrogen) atoms. The largest absolute Gasteiger partial charge is 0.463 e. The average Bonchev–Trinajstić information content (AvgIpc) is 2.46. The molecule has 2 amide bonds. The fourth-order valence-electron chi connectivity index (χ4n) is 2.68. The number of ether oxygens (including phenoxy) is 1. The number of urea groups is 1. The van der Waals surface area contributed by atoms with E-state index in [0.717, 1.165) is 5.56 Å². The second-order valence-electron chi connectivity index (χ2n) is 5.74. The summed E-state index contributed by atoms with van der Waals surface area (Å²) < 4.78 is 5.11. The Hall–Kier alpha value is -2.05. The number of benzene rings is 1. The number of amides is 2. The summed E-state index contributed by atoms with van der Waals surface area (Å²) in [4.78, 5) is 26.0. The Balaban J connectivity index is 2.17. The molecular weight excluding hydrogens is 330 g/mol. The fourth-order valence-corrected chi connectivity index (χ4v) is 2.89. The SMILES string of the molecule is CCOC(=O)C1=C(CN(C)Cc2cccc(Cl)c2)NC(=O)NC1C. The number of rotatable bonds is 6. The number of carbonyl (C=O) groups excluding carboxylic acids is 2. The van der Waals surface area contributed by atoms with Gasteiger partial charge in [0.2, 0.25) is 0 Å². The normalized spacial score (nSPS) is 17.5. The second-order valence-corrected chi connectivity index (χ2v) is 6.17. The van der Waals surface area contributed by atoms with Crippen LogP contribution >= 0.6 is 11.6 Å². The van der Waals surface area contributed by atoms with E-state index in [1.165, 1.54) is 0 Å². The lowest BCUT2D eigenvalue weighted by molar-refractivity contribution is -0.139. The van der Waals surface area contributed by atoms with E-state index in [9.17, 15) is 9.59 Å². The molecule has 1 unspecified atom stereocenters. The fraction of sp³-hybridized carbons (Fsp3) is 0.412. The summed E-state index contributed by atoms with van der Waals surface area (Å²) in [5, 5.41) is 6.09. The third kappa shape index (κ3) is 4.72. The van der Waals surface area contributed by atoms with Gasteiger partial charge in [0.05, 0.1) is 18.2 Å². The van der Waals surface area contributed by atoms with E-state index in [1.54, 1.807) is 13.8 Å². The van der Waals surface area contributed by atoms with Crippen LogP contribution in [-0.4, -0.2) is 43.1 Å². The Labute approximate surface area is 146 Å². The highest BCUT2D eigenvalue weighted by atomic mass is 35.5. The molecule has 1 aromatic rings. The van der Waals surface area contributed by atoms with E-state index < -0.39 is 12.0 Å². The van der Waals surface area contributed by atoms with Gasteiger partial charge in [-0.3, -0.25) is 4.90 Å². The number of esters is 1. The lowest BCUT2D eigenvalue weighted by Gasteiger charge is -2.29. The number of hydrogen-bond donors (Lipinski definition) is 2. The van der Waals surface area contributed by atoms with Gasteiger partial charge in [-0.25, -0.2) is 9.59 Å². The Morgan fingerprint density at radius 1 is 1.38 bits per heavy atom. The number of nitrogens with one attached hydrogen (secondary N) is 2. The highest BCUT2D eigenvalue weighted by Gasteiger charge is 2.30.